The number of hydrazone groups is 1. The van der Waals surface area contributed by atoms with Crippen LogP contribution >= 0.6 is 11.8 Å². The van der Waals surface area contributed by atoms with Crippen LogP contribution in [0.5, 0.6) is 0 Å². The number of amides is 2. The Morgan fingerprint density at radius 3 is 2.46 bits per heavy atom. The van der Waals surface area contributed by atoms with E-state index in [1.54, 1.807) is 6.92 Å². The predicted molar refractivity (Wildman–Crippen MR) is 102 cm³/mol. The predicted octanol–water partition coefficient (Wildman–Crippen LogP) is 1.17. The third kappa shape index (κ3) is 4.83. The Morgan fingerprint density at radius 2 is 1.92 bits per heavy atom. The number of amidine groups is 1. The van der Waals surface area contributed by atoms with Gasteiger partial charge in [-0.05, 0) is 5.56 Å². The first-order valence-corrected chi connectivity index (χ1v) is 10.8. The molecule has 142 valence electrons. The van der Waals surface area contributed by atoms with Crippen LogP contribution in [0.4, 0.5) is 0 Å². The van der Waals surface area contributed by atoms with Gasteiger partial charge in [0.2, 0.25) is 21.8 Å². The Kier molecular flexibility index (Phi) is 6.43. The molecule has 2 rings (SSSR count). The minimum Gasteiger partial charge on any atom is -0.304 e. The van der Waals surface area contributed by atoms with Crippen LogP contribution in [0, 0.1) is 0 Å². The quantitative estimate of drug-likeness (QED) is 0.748. The summed E-state index contributed by atoms with van der Waals surface area (Å²) in [6.07, 6.45) is 1.59. The van der Waals surface area contributed by atoms with E-state index in [0.717, 1.165) is 11.8 Å². The third-order valence-electron chi connectivity index (χ3n) is 3.67. The van der Waals surface area contributed by atoms with Crippen LogP contribution in [0.25, 0.3) is 0 Å². The van der Waals surface area contributed by atoms with Gasteiger partial charge in [-0.1, -0.05) is 49.0 Å². The van der Waals surface area contributed by atoms with E-state index in [9.17, 15) is 18.0 Å². The number of thioether (sulfide) groups is 1. The summed E-state index contributed by atoms with van der Waals surface area (Å²) in [6.45, 7) is 3.21. The van der Waals surface area contributed by atoms with E-state index in [0.29, 0.717) is 5.17 Å². The Morgan fingerprint density at radius 1 is 1.27 bits per heavy atom. The van der Waals surface area contributed by atoms with Gasteiger partial charge in [0.05, 0.1) is 6.26 Å². The zero-order chi connectivity index (χ0) is 19.4. The van der Waals surface area contributed by atoms with Crippen molar-refractivity contribution in [2.45, 2.75) is 31.6 Å². The summed E-state index contributed by atoms with van der Waals surface area (Å²) in [5, 5.41) is 8.58. The molecule has 1 aliphatic rings. The summed E-state index contributed by atoms with van der Waals surface area (Å²) in [5.41, 5.74) is 0.797. The van der Waals surface area contributed by atoms with Crippen molar-refractivity contribution in [1.29, 1.82) is 0 Å². The van der Waals surface area contributed by atoms with Crippen LogP contribution in [0.2, 0.25) is 0 Å². The highest BCUT2D eigenvalue weighted by Gasteiger charge is 2.48. The molecule has 2 N–H and O–H groups in total. The van der Waals surface area contributed by atoms with Crippen molar-refractivity contribution < 1.29 is 18.0 Å². The number of rotatable bonds is 6. The molecule has 2 amide bonds. The lowest BCUT2D eigenvalue weighted by Gasteiger charge is -2.35. The highest BCUT2D eigenvalue weighted by Crippen LogP contribution is 2.48. The van der Waals surface area contributed by atoms with Gasteiger partial charge in [0, 0.05) is 26.3 Å². The molecule has 0 saturated carbocycles. The van der Waals surface area contributed by atoms with E-state index in [1.165, 1.54) is 23.7 Å². The van der Waals surface area contributed by atoms with Crippen LogP contribution in [-0.4, -0.2) is 43.2 Å². The number of benzene rings is 1. The highest BCUT2D eigenvalue weighted by molar-refractivity contribution is 8.14. The fraction of sp³-hybridized carbons (Fsp3) is 0.438. The lowest BCUT2D eigenvalue weighted by atomic mass is 10.0. The molecule has 1 aromatic rings. The van der Waals surface area contributed by atoms with Gasteiger partial charge in [0.1, 0.15) is 4.87 Å². The largest absolute Gasteiger partial charge is 0.304 e. The number of nitrogens with one attached hydrogen (secondary N) is 2. The maximum absolute atomic E-state index is 12.5. The molecule has 0 saturated heterocycles. The Balaban J connectivity index is 2.43. The lowest BCUT2D eigenvalue weighted by Crippen LogP contribution is -2.43. The van der Waals surface area contributed by atoms with Crippen molar-refractivity contribution in [3.63, 3.8) is 0 Å². The number of hydrogen-bond donors (Lipinski definition) is 2. The average Bonchev–Trinajstić information content (AvgIpc) is 2.92. The van der Waals surface area contributed by atoms with Crippen LogP contribution in [0.15, 0.2) is 35.4 Å². The smallest absolute Gasteiger partial charge is 0.244 e. The van der Waals surface area contributed by atoms with E-state index in [2.05, 4.69) is 15.1 Å². The Hall–Kier alpha value is -1.91. The Bertz CT molecular complexity index is 811. The van der Waals surface area contributed by atoms with Crippen molar-refractivity contribution in [2.24, 2.45) is 5.10 Å². The molecule has 1 unspecified atom stereocenters. The topological polar surface area (TPSA) is 108 Å². The van der Waals surface area contributed by atoms with Gasteiger partial charge in [-0.3, -0.25) is 9.59 Å². The molecule has 0 fully saturated rings. The molecule has 26 heavy (non-hydrogen) atoms. The maximum atomic E-state index is 12.5. The number of nitrogens with zero attached hydrogens (tertiary/aromatic N) is 2. The van der Waals surface area contributed by atoms with Gasteiger partial charge in [0.25, 0.3) is 0 Å². The molecule has 1 heterocycles. The first-order valence-electron chi connectivity index (χ1n) is 8.06. The zero-order valence-electron chi connectivity index (χ0n) is 14.9. The lowest BCUT2D eigenvalue weighted by molar-refractivity contribution is -0.134. The first kappa shape index (κ1) is 20.4. The van der Waals surface area contributed by atoms with E-state index in [4.69, 9.17) is 0 Å². The van der Waals surface area contributed by atoms with Gasteiger partial charge < -0.3 is 5.32 Å². The average molecular weight is 399 g/mol. The van der Waals surface area contributed by atoms with E-state index in [-0.39, 0.29) is 31.2 Å². The number of hydrogen-bond acceptors (Lipinski definition) is 6. The molecular formula is C16H22N4O4S2. The minimum atomic E-state index is -3.37. The molecule has 10 heteroatoms. The number of carbonyl (C=O) groups is 2. The summed E-state index contributed by atoms with van der Waals surface area (Å²) in [4.78, 5) is 23.0. The van der Waals surface area contributed by atoms with Crippen LogP contribution < -0.4 is 10.0 Å². The number of carbonyl (C=O) groups excluding carboxylic acids is 2. The van der Waals surface area contributed by atoms with Crippen molar-refractivity contribution in [3.05, 3.63) is 35.9 Å². The second kappa shape index (κ2) is 8.19. The molecule has 0 bridgehead atoms. The standard InChI is InChI=1S/C16H22N4O4S2/c1-4-14(22)20-16(10-11-17-26(3,23)24,13-8-6-5-7-9-13)25-15(19-20)18-12(2)21/h5-9,17H,4,10-11H2,1-3H3,(H,18,19,21). The Labute approximate surface area is 157 Å². The molecule has 0 radical (unpaired) electrons. The summed E-state index contributed by atoms with van der Waals surface area (Å²) in [5.74, 6) is -0.515. The van der Waals surface area contributed by atoms with Gasteiger partial charge >= 0.3 is 0 Å². The number of sulfonamides is 1. The molecule has 0 aromatic heterocycles. The molecule has 0 spiro atoms. The summed E-state index contributed by atoms with van der Waals surface area (Å²) in [6, 6.07) is 9.25. The van der Waals surface area contributed by atoms with Gasteiger partial charge in [0.15, 0.2) is 5.17 Å². The second-order valence-corrected chi connectivity index (χ2v) is 8.91. The summed E-state index contributed by atoms with van der Waals surface area (Å²) < 4.78 is 25.3. The SMILES string of the molecule is CCC(=O)N1N=C(NC(C)=O)SC1(CCNS(C)(=O)=O)c1ccccc1. The summed E-state index contributed by atoms with van der Waals surface area (Å²) >= 11 is 1.23. The highest BCUT2D eigenvalue weighted by atomic mass is 32.2. The van der Waals surface area contributed by atoms with E-state index in [1.807, 2.05) is 30.3 Å². The molecular weight excluding hydrogens is 376 g/mol. The normalized spacial score (nSPS) is 20.0. The monoisotopic (exact) mass is 398 g/mol. The molecule has 1 aromatic carbocycles. The van der Waals surface area contributed by atoms with Crippen molar-refractivity contribution in [1.82, 2.24) is 15.0 Å². The van der Waals surface area contributed by atoms with E-state index < -0.39 is 14.9 Å². The minimum absolute atomic E-state index is 0.122. The van der Waals surface area contributed by atoms with Crippen LogP contribution in [0.3, 0.4) is 0 Å². The zero-order valence-corrected chi connectivity index (χ0v) is 16.5. The second-order valence-electron chi connectivity index (χ2n) is 5.81. The van der Waals surface area contributed by atoms with Gasteiger partial charge in [-0.25, -0.2) is 18.1 Å². The molecule has 1 aliphatic heterocycles. The fourth-order valence-electron chi connectivity index (χ4n) is 2.59. The molecule has 1 atom stereocenters. The molecule has 0 aliphatic carbocycles. The third-order valence-corrected chi connectivity index (χ3v) is 5.73. The van der Waals surface area contributed by atoms with Crippen LogP contribution in [0.1, 0.15) is 32.3 Å². The fourth-order valence-corrected chi connectivity index (χ4v) is 4.39. The van der Waals surface area contributed by atoms with E-state index >= 15 is 0 Å². The van der Waals surface area contributed by atoms with Gasteiger partial charge in [-0.15, -0.1) is 5.10 Å². The van der Waals surface area contributed by atoms with Crippen molar-refractivity contribution in [3.8, 4) is 0 Å². The van der Waals surface area contributed by atoms with Gasteiger partial charge in [-0.2, -0.15) is 0 Å². The maximum Gasteiger partial charge on any atom is 0.244 e. The van der Waals surface area contributed by atoms with Crippen LogP contribution in [-0.2, 0) is 24.5 Å². The molecule has 8 nitrogen and oxygen atoms in total. The van der Waals surface area contributed by atoms with Crippen molar-refractivity contribution in [2.75, 3.05) is 12.8 Å². The van der Waals surface area contributed by atoms with Crippen molar-refractivity contribution >= 4 is 38.8 Å². The summed E-state index contributed by atoms with van der Waals surface area (Å²) in [7, 11) is -3.37. The first-order chi connectivity index (χ1) is 12.2.